The van der Waals surface area contributed by atoms with Crippen LogP contribution in [0.4, 0.5) is 0 Å². The minimum Gasteiger partial charge on any atom is -0.464 e. The van der Waals surface area contributed by atoms with Gasteiger partial charge in [-0.05, 0) is 24.3 Å². The van der Waals surface area contributed by atoms with Crippen LogP contribution >= 0.6 is 0 Å². The number of rotatable bonds is 0. The number of hydrogen-bond acceptors (Lipinski definition) is 2. The summed E-state index contributed by atoms with van der Waals surface area (Å²) in [6.45, 7) is 0. The smallest absolute Gasteiger partial charge is 0.170 e. The second kappa shape index (κ2) is 1.91. The summed E-state index contributed by atoms with van der Waals surface area (Å²) in [5.41, 5.74) is 1.74. The lowest BCUT2D eigenvalue weighted by molar-refractivity contribution is 0.605. The van der Waals surface area contributed by atoms with Crippen molar-refractivity contribution in [3.8, 4) is 0 Å². The van der Waals surface area contributed by atoms with E-state index < -0.39 is 0 Å². The first kappa shape index (κ1) is 5.89. The molecule has 0 atom stereocenters. The van der Waals surface area contributed by atoms with Gasteiger partial charge in [-0.25, -0.2) is 0 Å². The average molecular weight is 157 g/mol. The van der Waals surface area contributed by atoms with E-state index >= 15 is 0 Å². The summed E-state index contributed by atoms with van der Waals surface area (Å²) in [5, 5.41) is 2.09. The molecule has 3 rings (SSSR count). The van der Waals surface area contributed by atoms with Gasteiger partial charge in [0.1, 0.15) is 11.2 Å². The highest BCUT2D eigenvalue weighted by Gasteiger charge is 2.01. The predicted molar refractivity (Wildman–Crippen MR) is 44.8 cm³/mol. The minimum absolute atomic E-state index is 0.851. The Labute approximate surface area is 68.4 Å². The third kappa shape index (κ3) is 0.639. The monoisotopic (exact) mass is 157 g/mol. The first-order valence-corrected chi connectivity index (χ1v) is 3.70. The molecule has 0 fully saturated rings. The zero-order valence-corrected chi connectivity index (χ0v) is 6.20. The van der Waals surface area contributed by atoms with E-state index in [9.17, 15) is 0 Å². The third-order valence-corrected chi connectivity index (χ3v) is 1.97. The van der Waals surface area contributed by atoms with Gasteiger partial charge in [0.15, 0.2) is 6.26 Å². The van der Waals surface area contributed by atoms with Crippen LogP contribution in [0.1, 0.15) is 0 Å². The highest BCUT2D eigenvalue weighted by Crippen LogP contribution is 2.23. The van der Waals surface area contributed by atoms with Gasteiger partial charge in [0.05, 0.1) is 6.26 Å². The van der Waals surface area contributed by atoms with Crippen LogP contribution in [-0.2, 0) is 0 Å². The van der Waals surface area contributed by atoms with E-state index in [2.05, 4.69) is 6.26 Å². The molecule has 2 heteroatoms. The van der Waals surface area contributed by atoms with Crippen molar-refractivity contribution >= 4 is 21.9 Å². The van der Waals surface area contributed by atoms with Crippen LogP contribution in [-0.4, -0.2) is 0 Å². The fraction of sp³-hybridized carbons (Fsp3) is 0. The molecule has 0 amide bonds. The first-order valence-electron chi connectivity index (χ1n) is 3.70. The quantitative estimate of drug-likeness (QED) is 0.501. The Bertz CT molecular complexity index is 440. The Balaban J connectivity index is 2.62. The maximum Gasteiger partial charge on any atom is 0.170 e. The van der Waals surface area contributed by atoms with Crippen molar-refractivity contribution in [2.24, 2.45) is 0 Å². The summed E-state index contributed by atoms with van der Waals surface area (Å²) >= 11 is 0. The van der Waals surface area contributed by atoms with Gasteiger partial charge in [0, 0.05) is 10.8 Å². The topological polar surface area (TPSA) is 26.3 Å². The zero-order chi connectivity index (χ0) is 7.97. The standard InChI is InChI=1S/C10H5O2/c1-3-11-9-6-8-2-4-12-10(8)5-7(1)9/h1-3,5-6H. The molecule has 0 bridgehead atoms. The molecule has 0 spiro atoms. The summed E-state index contributed by atoms with van der Waals surface area (Å²) in [5.74, 6) is 0. The normalized spacial score (nSPS) is 11.3. The summed E-state index contributed by atoms with van der Waals surface area (Å²) < 4.78 is 10.4. The third-order valence-electron chi connectivity index (χ3n) is 1.97. The molecule has 2 nitrogen and oxygen atoms in total. The van der Waals surface area contributed by atoms with E-state index in [-0.39, 0.29) is 0 Å². The Morgan fingerprint density at radius 1 is 1.08 bits per heavy atom. The summed E-state index contributed by atoms with van der Waals surface area (Å²) in [7, 11) is 0. The lowest BCUT2D eigenvalue weighted by Crippen LogP contribution is -1.63. The molecule has 0 aliphatic carbocycles. The van der Waals surface area contributed by atoms with Crippen LogP contribution in [0, 0.1) is 6.26 Å². The van der Waals surface area contributed by atoms with E-state index in [1.54, 1.807) is 12.3 Å². The van der Waals surface area contributed by atoms with Crippen LogP contribution in [0.15, 0.2) is 39.4 Å². The van der Waals surface area contributed by atoms with Crippen LogP contribution in [0.3, 0.4) is 0 Å². The van der Waals surface area contributed by atoms with Crippen molar-refractivity contribution in [1.29, 1.82) is 0 Å². The zero-order valence-electron chi connectivity index (χ0n) is 6.20. The highest BCUT2D eigenvalue weighted by atomic mass is 16.3. The number of furan rings is 2. The van der Waals surface area contributed by atoms with Gasteiger partial charge in [0.25, 0.3) is 0 Å². The Morgan fingerprint density at radius 2 is 2.00 bits per heavy atom. The molecule has 0 N–H and O–H groups in total. The van der Waals surface area contributed by atoms with Gasteiger partial charge in [-0.3, -0.25) is 0 Å². The van der Waals surface area contributed by atoms with Crippen LogP contribution in [0.2, 0.25) is 0 Å². The largest absolute Gasteiger partial charge is 0.464 e. The van der Waals surface area contributed by atoms with Gasteiger partial charge in [-0.2, -0.15) is 0 Å². The van der Waals surface area contributed by atoms with Crippen molar-refractivity contribution in [1.82, 2.24) is 0 Å². The fourth-order valence-electron chi connectivity index (χ4n) is 1.36. The molecule has 0 saturated carbocycles. The molecule has 3 aromatic rings. The molecule has 12 heavy (non-hydrogen) atoms. The van der Waals surface area contributed by atoms with Gasteiger partial charge >= 0.3 is 0 Å². The SMILES string of the molecule is [c]1cc2cc3occc3cc2o1. The van der Waals surface area contributed by atoms with Gasteiger partial charge < -0.3 is 8.83 Å². The first-order chi connectivity index (χ1) is 5.93. The van der Waals surface area contributed by atoms with Gasteiger partial charge in [-0.15, -0.1) is 0 Å². The van der Waals surface area contributed by atoms with Crippen molar-refractivity contribution < 1.29 is 8.83 Å². The number of fused-ring (bicyclic) bond motifs is 2. The second-order valence-electron chi connectivity index (χ2n) is 2.71. The van der Waals surface area contributed by atoms with E-state index in [1.807, 2.05) is 18.2 Å². The van der Waals surface area contributed by atoms with E-state index in [0.29, 0.717) is 0 Å². The predicted octanol–water partition coefficient (Wildman–Crippen LogP) is 2.98. The van der Waals surface area contributed by atoms with Crippen LogP contribution in [0.25, 0.3) is 21.9 Å². The molecule has 57 valence electrons. The molecule has 2 aromatic heterocycles. The van der Waals surface area contributed by atoms with E-state index in [1.165, 1.54) is 0 Å². The summed E-state index contributed by atoms with van der Waals surface area (Å²) in [6.07, 6.45) is 4.36. The van der Waals surface area contributed by atoms with Crippen LogP contribution in [0.5, 0.6) is 0 Å². The van der Waals surface area contributed by atoms with Crippen molar-refractivity contribution in [3.05, 3.63) is 36.8 Å². The molecular weight excluding hydrogens is 152 g/mol. The van der Waals surface area contributed by atoms with Gasteiger partial charge in [-0.1, -0.05) is 0 Å². The molecule has 2 heterocycles. The molecule has 0 aliphatic heterocycles. The highest BCUT2D eigenvalue weighted by molar-refractivity contribution is 5.92. The Morgan fingerprint density at radius 3 is 3.00 bits per heavy atom. The lowest BCUT2D eigenvalue weighted by Gasteiger charge is -1.87. The van der Waals surface area contributed by atoms with E-state index in [0.717, 1.165) is 21.9 Å². The molecule has 0 saturated heterocycles. The van der Waals surface area contributed by atoms with Crippen molar-refractivity contribution in [2.75, 3.05) is 0 Å². The summed E-state index contributed by atoms with van der Waals surface area (Å²) in [6, 6.07) is 7.62. The maximum absolute atomic E-state index is 5.24. The molecule has 0 aliphatic rings. The molecule has 1 aromatic carbocycles. The fourth-order valence-corrected chi connectivity index (χ4v) is 1.36. The minimum atomic E-state index is 0.851. The van der Waals surface area contributed by atoms with Crippen molar-refractivity contribution in [2.45, 2.75) is 0 Å². The maximum atomic E-state index is 5.24. The Hall–Kier alpha value is -1.70. The lowest BCUT2D eigenvalue weighted by atomic mass is 10.2. The van der Waals surface area contributed by atoms with Gasteiger partial charge in [0.2, 0.25) is 0 Å². The number of benzene rings is 1. The number of hydrogen-bond donors (Lipinski definition) is 0. The second-order valence-corrected chi connectivity index (χ2v) is 2.71. The average Bonchev–Trinajstić information content (AvgIpc) is 2.64. The molecular formula is C10H5O2. The molecule has 0 unspecified atom stereocenters. The summed E-state index contributed by atoms with van der Waals surface area (Å²) in [4.78, 5) is 0. The van der Waals surface area contributed by atoms with Crippen LogP contribution < -0.4 is 0 Å². The Kier molecular flexibility index (Phi) is 0.939. The molecule has 1 radical (unpaired) electrons. The van der Waals surface area contributed by atoms with Crippen molar-refractivity contribution in [3.63, 3.8) is 0 Å². The van der Waals surface area contributed by atoms with E-state index in [4.69, 9.17) is 8.83 Å².